The van der Waals surface area contributed by atoms with Gasteiger partial charge in [-0.3, -0.25) is 4.79 Å². The summed E-state index contributed by atoms with van der Waals surface area (Å²) in [5.74, 6) is -1.02. The fourth-order valence-corrected chi connectivity index (χ4v) is 2.32. The lowest BCUT2D eigenvalue weighted by Crippen LogP contribution is -2.34. The molecule has 5 nitrogen and oxygen atoms in total. The molecule has 1 N–H and O–H groups in total. The molecule has 0 unspecified atom stereocenters. The van der Waals surface area contributed by atoms with E-state index in [1.54, 1.807) is 48.5 Å². The van der Waals surface area contributed by atoms with Crippen LogP contribution in [0.2, 0.25) is 5.02 Å². The van der Waals surface area contributed by atoms with Gasteiger partial charge in [0.15, 0.2) is 0 Å². The second kappa shape index (κ2) is 7.65. The van der Waals surface area contributed by atoms with Crippen molar-refractivity contribution in [3.05, 3.63) is 64.7 Å². The number of aliphatic carboxylic acids is 1. The maximum Gasteiger partial charge on any atom is 0.251 e. The fourth-order valence-electron chi connectivity index (χ4n) is 2.13. The Morgan fingerprint density at radius 2 is 1.91 bits per heavy atom. The van der Waals surface area contributed by atoms with Crippen molar-refractivity contribution >= 4 is 23.5 Å². The number of carbonyl (C=O) groups excluding carboxylic acids is 2. The number of methoxy groups -OCH3 is 1. The van der Waals surface area contributed by atoms with Crippen LogP contribution in [0.1, 0.15) is 28.4 Å². The molecular weight excluding hydrogens is 318 g/mol. The summed E-state index contributed by atoms with van der Waals surface area (Å²) in [5, 5.41) is 14.1. The monoisotopic (exact) mass is 332 g/mol. The molecule has 23 heavy (non-hydrogen) atoms. The third-order valence-corrected chi connectivity index (χ3v) is 3.51. The van der Waals surface area contributed by atoms with Gasteiger partial charge in [-0.1, -0.05) is 23.7 Å². The van der Waals surface area contributed by atoms with Crippen molar-refractivity contribution in [2.45, 2.75) is 12.5 Å². The number of carboxylic acids is 1. The van der Waals surface area contributed by atoms with Gasteiger partial charge in [0.1, 0.15) is 5.75 Å². The van der Waals surface area contributed by atoms with E-state index in [9.17, 15) is 14.7 Å². The van der Waals surface area contributed by atoms with Crippen molar-refractivity contribution in [2.24, 2.45) is 0 Å². The molecule has 2 rings (SSSR count). The molecule has 0 heterocycles. The van der Waals surface area contributed by atoms with E-state index in [0.717, 1.165) is 0 Å². The van der Waals surface area contributed by atoms with Gasteiger partial charge in [0.2, 0.25) is 0 Å². The Morgan fingerprint density at radius 1 is 1.22 bits per heavy atom. The van der Waals surface area contributed by atoms with Gasteiger partial charge < -0.3 is 20.0 Å². The average molecular weight is 333 g/mol. The van der Waals surface area contributed by atoms with Crippen LogP contribution in [0.5, 0.6) is 5.75 Å². The number of benzene rings is 2. The number of hydrogen-bond acceptors (Lipinski definition) is 4. The maximum absolute atomic E-state index is 12.3. The van der Waals surface area contributed by atoms with Crippen LogP contribution in [0.25, 0.3) is 0 Å². The maximum atomic E-state index is 12.3. The summed E-state index contributed by atoms with van der Waals surface area (Å²) in [6.07, 6.45) is -0.345. The van der Waals surface area contributed by atoms with Gasteiger partial charge >= 0.3 is 0 Å². The number of rotatable bonds is 6. The number of carboxylic acid groups (broad SMARTS) is 1. The Labute approximate surface area is 138 Å². The lowest BCUT2D eigenvalue weighted by atomic mass is 10.0. The highest BCUT2D eigenvalue weighted by atomic mass is 35.5. The van der Waals surface area contributed by atoms with Crippen molar-refractivity contribution < 1.29 is 19.4 Å². The molecule has 0 aliphatic rings. The predicted molar refractivity (Wildman–Crippen MR) is 84.3 cm³/mol. The zero-order chi connectivity index (χ0) is 16.8. The number of hydrogen-bond donors (Lipinski definition) is 1. The van der Waals surface area contributed by atoms with Crippen molar-refractivity contribution in [2.75, 3.05) is 7.11 Å². The quantitative estimate of drug-likeness (QED) is 0.877. The minimum absolute atomic E-state index is 0.345. The average Bonchev–Trinajstić information content (AvgIpc) is 2.54. The number of halogens is 1. The van der Waals surface area contributed by atoms with Crippen LogP contribution < -0.4 is 15.2 Å². The van der Waals surface area contributed by atoms with E-state index in [2.05, 4.69) is 5.32 Å². The number of ether oxygens (including phenoxy) is 1. The molecular formula is C17H15ClNO4-. The van der Waals surface area contributed by atoms with Crippen molar-refractivity contribution in [1.29, 1.82) is 0 Å². The van der Waals surface area contributed by atoms with Crippen molar-refractivity contribution in [1.82, 2.24) is 5.32 Å². The molecule has 1 atom stereocenters. The third-order valence-electron chi connectivity index (χ3n) is 3.28. The number of amides is 1. The molecule has 2 aromatic carbocycles. The standard InChI is InChI=1S/C17H16ClNO4/c1-23-14-7-5-11(6-8-14)17(22)19-15(10-16(20)21)12-3-2-4-13(18)9-12/h2-9,15H,10H2,1H3,(H,19,22)(H,20,21)/p-1/t15-/m1/s1. The largest absolute Gasteiger partial charge is 0.550 e. The van der Waals surface area contributed by atoms with Crippen LogP contribution in [0.15, 0.2) is 48.5 Å². The van der Waals surface area contributed by atoms with Crippen LogP contribution in [0, 0.1) is 0 Å². The van der Waals surface area contributed by atoms with Gasteiger partial charge in [-0.05, 0) is 42.0 Å². The van der Waals surface area contributed by atoms with Crippen LogP contribution in [0.3, 0.4) is 0 Å². The Bertz CT molecular complexity index is 700. The molecule has 0 aliphatic heterocycles. The van der Waals surface area contributed by atoms with E-state index in [1.807, 2.05) is 0 Å². The van der Waals surface area contributed by atoms with Crippen LogP contribution in [-0.2, 0) is 4.79 Å². The fraction of sp³-hybridized carbons (Fsp3) is 0.176. The number of carbonyl (C=O) groups is 2. The minimum atomic E-state index is -1.26. The van der Waals surface area contributed by atoms with E-state index in [4.69, 9.17) is 16.3 Å². The van der Waals surface area contributed by atoms with Gasteiger partial charge in [0.25, 0.3) is 5.91 Å². The summed E-state index contributed by atoms with van der Waals surface area (Å²) < 4.78 is 5.03. The first-order valence-corrected chi connectivity index (χ1v) is 7.27. The topological polar surface area (TPSA) is 78.5 Å². The SMILES string of the molecule is COc1ccc(C(=O)N[C@H](CC(=O)[O-])c2cccc(Cl)c2)cc1. The van der Waals surface area contributed by atoms with E-state index >= 15 is 0 Å². The molecule has 0 aliphatic carbocycles. The van der Waals surface area contributed by atoms with Gasteiger partial charge in [-0.2, -0.15) is 0 Å². The van der Waals surface area contributed by atoms with Gasteiger partial charge in [-0.25, -0.2) is 0 Å². The Hall–Kier alpha value is -2.53. The summed E-state index contributed by atoms with van der Waals surface area (Å²) in [5.41, 5.74) is 1.000. The summed E-state index contributed by atoms with van der Waals surface area (Å²) in [6, 6.07) is 12.5. The Kier molecular flexibility index (Phi) is 5.60. The third kappa shape index (κ3) is 4.72. The molecule has 0 radical (unpaired) electrons. The van der Waals surface area contributed by atoms with Crippen LogP contribution in [0.4, 0.5) is 0 Å². The molecule has 6 heteroatoms. The molecule has 120 valence electrons. The van der Waals surface area contributed by atoms with Crippen molar-refractivity contribution in [3.63, 3.8) is 0 Å². The highest BCUT2D eigenvalue weighted by molar-refractivity contribution is 6.30. The van der Waals surface area contributed by atoms with Gasteiger partial charge in [0, 0.05) is 23.0 Å². The highest BCUT2D eigenvalue weighted by Gasteiger charge is 2.16. The molecule has 0 saturated heterocycles. The van der Waals surface area contributed by atoms with E-state index in [0.29, 0.717) is 21.9 Å². The smallest absolute Gasteiger partial charge is 0.251 e. The first-order valence-electron chi connectivity index (χ1n) is 6.90. The van der Waals surface area contributed by atoms with Crippen molar-refractivity contribution in [3.8, 4) is 5.75 Å². The summed E-state index contributed by atoms with van der Waals surface area (Å²) in [4.78, 5) is 23.3. The first kappa shape index (κ1) is 16.8. The second-order valence-corrected chi connectivity index (χ2v) is 5.32. The lowest BCUT2D eigenvalue weighted by molar-refractivity contribution is -0.306. The minimum Gasteiger partial charge on any atom is -0.550 e. The second-order valence-electron chi connectivity index (χ2n) is 4.89. The van der Waals surface area contributed by atoms with Crippen LogP contribution in [-0.4, -0.2) is 19.0 Å². The van der Waals surface area contributed by atoms with E-state index in [-0.39, 0.29) is 12.3 Å². The Morgan fingerprint density at radius 3 is 2.48 bits per heavy atom. The molecule has 0 spiro atoms. The van der Waals surface area contributed by atoms with E-state index in [1.165, 1.54) is 7.11 Å². The zero-order valence-electron chi connectivity index (χ0n) is 12.4. The molecule has 2 aromatic rings. The normalized spacial score (nSPS) is 11.6. The zero-order valence-corrected chi connectivity index (χ0v) is 13.2. The number of nitrogens with one attached hydrogen (secondary N) is 1. The molecule has 1 amide bonds. The van der Waals surface area contributed by atoms with Crippen LogP contribution >= 0.6 is 11.6 Å². The predicted octanol–water partition coefficient (Wildman–Crippen LogP) is 1.96. The lowest BCUT2D eigenvalue weighted by Gasteiger charge is -2.20. The molecule has 0 saturated carbocycles. The summed E-state index contributed by atoms with van der Waals surface area (Å²) in [7, 11) is 1.53. The van der Waals surface area contributed by atoms with E-state index < -0.39 is 12.0 Å². The van der Waals surface area contributed by atoms with Gasteiger partial charge in [-0.15, -0.1) is 0 Å². The van der Waals surface area contributed by atoms with Gasteiger partial charge in [0.05, 0.1) is 13.2 Å². The molecule has 0 bridgehead atoms. The summed E-state index contributed by atoms with van der Waals surface area (Å²) >= 11 is 5.92. The highest BCUT2D eigenvalue weighted by Crippen LogP contribution is 2.21. The molecule has 0 fully saturated rings. The summed E-state index contributed by atoms with van der Waals surface area (Å²) in [6.45, 7) is 0. The Balaban J connectivity index is 2.19. The molecule has 0 aromatic heterocycles. The first-order chi connectivity index (χ1) is 11.0.